The summed E-state index contributed by atoms with van der Waals surface area (Å²) in [7, 11) is -1.63. The molecule has 0 saturated heterocycles. The molecule has 0 aliphatic heterocycles. The normalized spacial score (nSPS) is 14.1. The highest BCUT2D eigenvalue weighted by Gasteiger charge is 2.26. The molecule has 2 heteroatoms. The molecular formula is C30H56OSi. The molecule has 0 radical (unpaired) electrons. The predicted molar refractivity (Wildman–Crippen MR) is 147 cm³/mol. The monoisotopic (exact) mass is 460 g/mol. The molecule has 1 aromatic carbocycles. The highest BCUT2D eigenvalue weighted by atomic mass is 28.4. The van der Waals surface area contributed by atoms with Crippen LogP contribution in [0.4, 0.5) is 0 Å². The van der Waals surface area contributed by atoms with Crippen molar-refractivity contribution in [3.63, 3.8) is 0 Å². The molecule has 0 bridgehead atoms. The first-order valence-electron chi connectivity index (χ1n) is 13.6. The Morgan fingerprint density at radius 2 is 1.06 bits per heavy atom. The fraction of sp³-hybridized carbons (Fsp3) is 0.800. The van der Waals surface area contributed by atoms with Crippen LogP contribution in [0, 0.1) is 0 Å². The van der Waals surface area contributed by atoms with E-state index < -0.39 is 8.32 Å². The van der Waals surface area contributed by atoms with Gasteiger partial charge in [0.05, 0.1) is 6.10 Å². The topological polar surface area (TPSA) is 9.23 Å². The Hall–Kier alpha value is -0.603. The van der Waals surface area contributed by atoms with Gasteiger partial charge in [-0.15, -0.1) is 0 Å². The van der Waals surface area contributed by atoms with E-state index in [0.717, 1.165) is 6.42 Å². The summed E-state index contributed by atoms with van der Waals surface area (Å²) in [4.78, 5) is 0. The lowest BCUT2D eigenvalue weighted by Crippen LogP contribution is -2.28. The lowest BCUT2D eigenvalue weighted by molar-refractivity contribution is 0.182. The molecule has 186 valence electrons. The van der Waals surface area contributed by atoms with E-state index >= 15 is 0 Å². The lowest BCUT2D eigenvalue weighted by Gasteiger charge is -2.31. The summed E-state index contributed by atoms with van der Waals surface area (Å²) < 4.78 is 6.78. The Morgan fingerprint density at radius 1 is 0.656 bits per heavy atom. The Morgan fingerprint density at radius 3 is 1.44 bits per heavy atom. The molecule has 1 aromatic rings. The molecule has 32 heavy (non-hydrogen) atoms. The third kappa shape index (κ3) is 12.0. The molecule has 0 heterocycles. The van der Waals surface area contributed by atoms with Gasteiger partial charge in [0.1, 0.15) is 0 Å². The van der Waals surface area contributed by atoms with Crippen LogP contribution in [0.25, 0.3) is 0 Å². The maximum Gasteiger partial charge on any atom is 0.184 e. The third-order valence-electron chi connectivity index (χ3n) is 6.37. The van der Waals surface area contributed by atoms with Crippen molar-refractivity contribution in [2.24, 2.45) is 0 Å². The highest BCUT2D eigenvalue weighted by Crippen LogP contribution is 2.35. The summed E-state index contributed by atoms with van der Waals surface area (Å²) >= 11 is 0. The summed E-state index contributed by atoms with van der Waals surface area (Å²) in [5.74, 6) is 0. The number of rotatable bonds is 14. The smallest absolute Gasteiger partial charge is 0.184 e. The number of hydrogen-bond donors (Lipinski definition) is 0. The molecule has 0 aliphatic carbocycles. The quantitative estimate of drug-likeness (QED) is 0.198. The van der Waals surface area contributed by atoms with Crippen molar-refractivity contribution >= 4 is 8.32 Å². The van der Waals surface area contributed by atoms with E-state index in [2.05, 4.69) is 86.3 Å². The number of hydrogen-bond acceptors (Lipinski definition) is 1. The van der Waals surface area contributed by atoms with Crippen molar-refractivity contribution in [1.29, 1.82) is 0 Å². The maximum absolute atomic E-state index is 6.78. The van der Waals surface area contributed by atoms with Crippen LogP contribution >= 0.6 is 0 Å². The van der Waals surface area contributed by atoms with E-state index in [1.165, 1.54) is 80.9 Å². The first-order valence-corrected chi connectivity index (χ1v) is 17.0. The zero-order valence-electron chi connectivity index (χ0n) is 23.5. The zero-order valence-corrected chi connectivity index (χ0v) is 24.5. The van der Waals surface area contributed by atoms with Crippen molar-refractivity contribution in [1.82, 2.24) is 0 Å². The van der Waals surface area contributed by atoms with E-state index in [1.54, 1.807) is 0 Å². The molecule has 0 aromatic heterocycles. The van der Waals surface area contributed by atoms with Crippen molar-refractivity contribution in [2.75, 3.05) is 0 Å². The number of benzene rings is 1. The summed E-state index contributed by atoms with van der Waals surface area (Å²) in [5.41, 5.74) is 4.58. The van der Waals surface area contributed by atoms with Crippen LogP contribution in [0.2, 0.25) is 19.6 Å². The van der Waals surface area contributed by atoms with Gasteiger partial charge in [0.15, 0.2) is 8.32 Å². The fourth-order valence-electron chi connectivity index (χ4n) is 4.24. The Bertz CT molecular complexity index is 610. The second-order valence-electron chi connectivity index (χ2n) is 13.0. The van der Waals surface area contributed by atoms with Crippen LogP contribution < -0.4 is 0 Å². The van der Waals surface area contributed by atoms with Crippen molar-refractivity contribution in [3.8, 4) is 0 Å². The summed E-state index contributed by atoms with van der Waals surface area (Å²) in [6, 6.07) is 7.31. The summed E-state index contributed by atoms with van der Waals surface area (Å²) in [6.45, 7) is 23.3. The van der Waals surface area contributed by atoms with Gasteiger partial charge in [-0.05, 0) is 53.6 Å². The fourth-order valence-corrected chi connectivity index (χ4v) is 5.35. The molecule has 0 amide bonds. The predicted octanol–water partition coefficient (Wildman–Crippen LogP) is 10.5. The minimum Gasteiger partial charge on any atom is -0.411 e. The van der Waals surface area contributed by atoms with Crippen LogP contribution in [0.15, 0.2) is 18.2 Å². The average Bonchev–Trinajstić information content (AvgIpc) is 2.66. The Kier molecular flexibility index (Phi) is 12.3. The molecular weight excluding hydrogens is 404 g/mol. The molecule has 0 aliphatic rings. The van der Waals surface area contributed by atoms with Crippen LogP contribution in [0.5, 0.6) is 0 Å². The minimum atomic E-state index is -1.63. The van der Waals surface area contributed by atoms with E-state index in [4.69, 9.17) is 4.43 Å². The van der Waals surface area contributed by atoms with E-state index in [-0.39, 0.29) is 16.9 Å². The lowest BCUT2D eigenvalue weighted by atomic mass is 9.79. The van der Waals surface area contributed by atoms with Crippen molar-refractivity contribution in [3.05, 3.63) is 34.9 Å². The first-order chi connectivity index (χ1) is 14.7. The second-order valence-corrected chi connectivity index (χ2v) is 17.5. The molecule has 0 spiro atoms. The van der Waals surface area contributed by atoms with Gasteiger partial charge in [-0.3, -0.25) is 0 Å². The van der Waals surface area contributed by atoms with Gasteiger partial charge in [-0.25, -0.2) is 0 Å². The molecule has 1 atom stereocenters. The zero-order chi connectivity index (χ0) is 24.4. The third-order valence-corrected chi connectivity index (χ3v) is 7.37. The standard InChI is InChI=1S/C30H56OSi/c1-11-12-13-14-15-16-17-18-19-20-21-28(31-32(8,9)10)25-22-26(29(2,3)4)24-27(23-25)30(5,6)7/h22-24,28H,11-21H2,1-10H3. The summed E-state index contributed by atoms with van der Waals surface area (Å²) in [6.07, 6.45) is 15.2. The van der Waals surface area contributed by atoms with Crippen molar-refractivity contribution in [2.45, 2.75) is 156 Å². The second kappa shape index (κ2) is 13.3. The molecule has 1 rings (SSSR count). The van der Waals surface area contributed by atoms with Crippen LogP contribution in [0.3, 0.4) is 0 Å². The minimum absolute atomic E-state index is 0.150. The Balaban J connectivity index is 2.80. The average molecular weight is 461 g/mol. The van der Waals surface area contributed by atoms with Gasteiger partial charge in [-0.2, -0.15) is 0 Å². The molecule has 0 fully saturated rings. The summed E-state index contributed by atoms with van der Waals surface area (Å²) in [5, 5.41) is 0. The van der Waals surface area contributed by atoms with Crippen LogP contribution in [-0.4, -0.2) is 8.32 Å². The van der Waals surface area contributed by atoms with Gasteiger partial charge in [0, 0.05) is 0 Å². The highest BCUT2D eigenvalue weighted by molar-refractivity contribution is 6.69. The van der Waals surface area contributed by atoms with Gasteiger partial charge in [0.2, 0.25) is 0 Å². The van der Waals surface area contributed by atoms with Gasteiger partial charge < -0.3 is 4.43 Å². The van der Waals surface area contributed by atoms with Gasteiger partial charge in [0.25, 0.3) is 0 Å². The van der Waals surface area contributed by atoms with Crippen molar-refractivity contribution < 1.29 is 4.43 Å². The molecule has 1 unspecified atom stereocenters. The molecule has 1 nitrogen and oxygen atoms in total. The van der Waals surface area contributed by atoms with E-state index in [0.29, 0.717) is 0 Å². The SMILES string of the molecule is CCCCCCCCCCCCC(O[Si](C)(C)C)c1cc(C(C)(C)C)cc(C(C)(C)C)c1. The van der Waals surface area contributed by atoms with E-state index in [1.807, 2.05) is 0 Å². The number of unbranched alkanes of at least 4 members (excludes halogenated alkanes) is 9. The molecule has 0 N–H and O–H groups in total. The largest absolute Gasteiger partial charge is 0.411 e. The first kappa shape index (κ1) is 29.4. The van der Waals surface area contributed by atoms with Gasteiger partial charge >= 0.3 is 0 Å². The maximum atomic E-state index is 6.78. The Labute approximate surface area is 203 Å². The van der Waals surface area contributed by atoms with E-state index in [9.17, 15) is 0 Å². The van der Waals surface area contributed by atoms with Crippen LogP contribution in [0.1, 0.15) is 142 Å². The van der Waals surface area contributed by atoms with Gasteiger partial charge in [-0.1, -0.05) is 131 Å². The molecule has 0 saturated carbocycles. The van der Waals surface area contributed by atoms with Crippen LogP contribution in [-0.2, 0) is 15.3 Å².